The number of rotatable bonds is 3. The van der Waals surface area contributed by atoms with Gasteiger partial charge in [-0.05, 0) is 24.6 Å². The summed E-state index contributed by atoms with van der Waals surface area (Å²) < 4.78 is 39.1. The molecular weight excluding hydrogens is 311 g/mol. The van der Waals surface area contributed by atoms with Crippen LogP contribution >= 0.6 is 0 Å². The van der Waals surface area contributed by atoms with Gasteiger partial charge in [0.25, 0.3) is 0 Å². The Hall–Kier alpha value is -2.64. The zero-order chi connectivity index (χ0) is 16.6. The Morgan fingerprint density at radius 3 is 2.26 bits per heavy atom. The standard InChI is InChI=1S/C15H12F3N3O2/c16-15(17,18)12-8-11(19-14(20-12)21-6-1-7-21)9-2-4-10(5-3-9)13(22)23/h2-5,8H,1,6-7H2,(H,22,23). The maximum absolute atomic E-state index is 13.0. The lowest BCUT2D eigenvalue weighted by Crippen LogP contribution is -2.38. The molecule has 120 valence electrons. The number of nitrogens with zero attached hydrogens (tertiary/aromatic N) is 3. The van der Waals surface area contributed by atoms with Gasteiger partial charge in [-0.25, -0.2) is 14.8 Å². The number of alkyl halides is 3. The second kappa shape index (κ2) is 5.53. The minimum atomic E-state index is -4.57. The second-order valence-corrected chi connectivity index (χ2v) is 5.16. The number of hydrogen-bond acceptors (Lipinski definition) is 4. The van der Waals surface area contributed by atoms with Crippen LogP contribution in [0.15, 0.2) is 30.3 Å². The van der Waals surface area contributed by atoms with E-state index in [1.807, 2.05) is 0 Å². The molecule has 2 aromatic rings. The van der Waals surface area contributed by atoms with Gasteiger partial charge in [0.15, 0.2) is 5.69 Å². The number of benzene rings is 1. The molecule has 1 fully saturated rings. The highest BCUT2D eigenvalue weighted by Crippen LogP contribution is 2.32. The number of carboxylic acids is 1. The first-order valence-corrected chi connectivity index (χ1v) is 6.89. The number of carbonyl (C=O) groups is 1. The minimum Gasteiger partial charge on any atom is -0.478 e. The van der Waals surface area contributed by atoms with E-state index >= 15 is 0 Å². The summed E-state index contributed by atoms with van der Waals surface area (Å²) in [4.78, 5) is 20.3. The van der Waals surface area contributed by atoms with Crippen LogP contribution in [0.1, 0.15) is 22.5 Å². The molecule has 2 heterocycles. The fraction of sp³-hybridized carbons (Fsp3) is 0.267. The SMILES string of the molecule is O=C(O)c1ccc(-c2cc(C(F)(F)F)nc(N3CCC3)n2)cc1. The fourth-order valence-electron chi connectivity index (χ4n) is 2.17. The van der Waals surface area contributed by atoms with Crippen molar-refractivity contribution in [3.05, 3.63) is 41.6 Å². The first-order valence-electron chi connectivity index (χ1n) is 6.89. The van der Waals surface area contributed by atoms with E-state index in [2.05, 4.69) is 9.97 Å². The largest absolute Gasteiger partial charge is 0.478 e. The Morgan fingerprint density at radius 2 is 1.78 bits per heavy atom. The van der Waals surface area contributed by atoms with Gasteiger partial charge in [0.05, 0.1) is 11.3 Å². The molecule has 5 nitrogen and oxygen atoms in total. The van der Waals surface area contributed by atoms with Crippen LogP contribution < -0.4 is 4.90 Å². The van der Waals surface area contributed by atoms with E-state index in [0.29, 0.717) is 18.7 Å². The highest BCUT2D eigenvalue weighted by molar-refractivity contribution is 5.88. The number of halogens is 3. The molecule has 0 amide bonds. The molecule has 1 saturated heterocycles. The Morgan fingerprint density at radius 1 is 1.13 bits per heavy atom. The van der Waals surface area contributed by atoms with Crippen molar-refractivity contribution in [2.45, 2.75) is 12.6 Å². The third-order valence-electron chi connectivity index (χ3n) is 3.57. The van der Waals surface area contributed by atoms with Crippen molar-refractivity contribution < 1.29 is 23.1 Å². The van der Waals surface area contributed by atoms with Gasteiger partial charge in [0.1, 0.15) is 0 Å². The molecular formula is C15H12F3N3O2. The second-order valence-electron chi connectivity index (χ2n) is 5.16. The summed E-state index contributed by atoms with van der Waals surface area (Å²) in [5, 5.41) is 8.87. The van der Waals surface area contributed by atoms with Crippen molar-refractivity contribution in [2.24, 2.45) is 0 Å². The molecule has 3 rings (SSSR count). The van der Waals surface area contributed by atoms with Crippen LogP contribution in [0.4, 0.5) is 19.1 Å². The van der Waals surface area contributed by atoms with Gasteiger partial charge in [0.2, 0.25) is 5.95 Å². The van der Waals surface area contributed by atoms with Gasteiger partial charge in [-0.3, -0.25) is 0 Å². The smallest absolute Gasteiger partial charge is 0.433 e. The third kappa shape index (κ3) is 3.10. The molecule has 1 aliphatic heterocycles. The van der Waals surface area contributed by atoms with E-state index in [4.69, 9.17) is 5.11 Å². The maximum Gasteiger partial charge on any atom is 0.433 e. The molecule has 23 heavy (non-hydrogen) atoms. The first-order chi connectivity index (χ1) is 10.8. The van der Waals surface area contributed by atoms with E-state index in [9.17, 15) is 18.0 Å². The van der Waals surface area contributed by atoms with Gasteiger partial charge < -0.3 is 10.0 Å². The Bertz CT molecular complexity index is 741. The maximum atomic E-state index is 13.0. The van der Waals surface area contributed by atoms with Gasteiger partial charge in [-0.1, -0.05) is 12.1 Å². The quantitative estimate of drug-likeness (QED) is 0.940. The van der Waals surface area contributed by atoms with Gasteiger partial charge in [-0.15, -0.1) is 0 Å². The molecule has 0 bridgehead atoms. The molecule has 0 unspecified atom stereocenters. The average Bonchev–Trinajstić information content (AvgIpc) is 2.44. The number of aromatic nitrogens is 2. The number of aromatic carboxylic acids is 1. The third-order valence-corrected chi connectivity index (χ3v) is 3.57. The Kier molecular flexibility index (Phi) is 3.67. The molecule has 8 heteroatoms. The van der Waals surface area contributed by atoms with Crippen LogP contribution in [-0.2, 0) is 6.18 Å². The van der Waals surface area contributed by atoms with Crippen LogP contribution in [0.3, 0.4) is 0 Å². The lowest BCUT2D eigenvalue weighted by Gasteiger charge is -2.31. The molecule has 0 atom stereocenters. The fourth-order valence-corrected chi connectivity index (χ4v) is 2.17. The molecule has 1 N–H and O–H groups in total. The minimum absolute atomic E-state index is 0.0448. The predicted octanol–water partition coefficient (Wildman–Crippen LogP) is 3.07. The monoisotopic (exact) mass is 323 g/mol. The lowest BCUT2D eigenvalue weighted by molar-refractivity contribution is -0.141. The summed E-state index contributed by atoms with van der Waals surface area (Å²) in [6.45, 7) is 1.25. The van der Waals surface area contributed by atoms with Crippen LogP contribution in [0.25, 0.3) is 11.3 Å². The van der Waals surface area contributed by atoms with Crippen molar-refractivity contribution in [1.29, 1.82) is 0 Å². The van der Waals surface area contributed by atoms with E-state index in [1.165, 1.54) is 24.3 Å². The van der Waals surface area contributed by atoms with Crippen LogP contribution in [0, 0.1) is 0 Å². The summed E-state index contributed by atoms with van der Waals surface area (Å²) in [6, 6.07) is 6.41. The van der Waals surface area contributed by atoms with Crippen molar-refractivity contribution in [1.82, 2.24) is 9.97 Å². The molecule has 1 aromatic heterocycles. The zero-order valence-corrected chi connectivity index (χ0v) is 11.8. The Balaban J connectivity index is 2.04. The number of anilines is 1. The van der Waals surface area contributed by atoms with E-state index in [-0.39, 0.29) is 17.2 Å². The predicted molar refractivity (Wildman–Crippen MR) is 76.3 cm³/mol. The number of hydrogen-bond donors (Lipinski definition) is 1. The zero-order valence-electron chi connectivity index (χ0n) is 11.8. The first kappa shape index (κ1) is 15.3. The van der Waals surface area contributed by atoms with E-state index in [1.54, 1.807) is 4.90 Å². The molecule has 0 saturated carbocycles. The molecule has 0 aliphatic carbocycles. The Labute approximate surface area is 129 Å². The highest BCUT2D eigenvalue weighted by Gasteiger charge is 2.34. The van der Waals surface area contributed by atoms with E-state index < -0.39 is 17.8 Å². The highest BCUT2D eigenvalue weighted by atomic mass is 19.4. The van der Waals surface area contributed by atoms with Gasteiger partial charge in [0, 0.05) is 18.7 Å². The van der Waals surface area contributed by atoms with Crippen LogP contribution in [0.5, 0.6) is 0 Å². The molecule has 1 aliphatic rings. The lowest BCUT2D eigenvalue weighted by atomic mass is 10.1. The normalized spacial score (nSPS) is 14.5. The van der Waals surface area contributed by atoms with Crippen molar-refractivity contribution in [2.75, 3.05) is 18.0 Å². The van der Waals surface area contributed by atoms with Crippen molar-refractivity contribution >= 4 is 11.9 Å². The summed E-state index contributed by atoms with van der Waals surface area (Å²) in [6.07, 6.45) is -3.68. The van der Waals surface area contributed by atoms with Crippen LogP contribution in [0.2, 0.25) is 0 Å². The topological polar surface area (TPSA) is 66.3 Å². The molecule has 0 spiro atoms. The van der Waals surface area contributed by atoms with Gasteiger partial charge >= 0.3 is 12.1 Å². The average molecular weight is 323 g/mol. The van der Waals surface area contributed by atoms with Crippen LogP contribution in [-0.4, -0.2) is 34.1 Å². The van der Waals surface area contributed by atoms with Crippen molar-refractivity contribution in [3.8, 4) is 11.3 Å². The van der Waals surface area contributed by atoms with E-state index in [0.717, 1.165) is 12.5 Å². The summed E-state index contributed by atoms with van der Waals surface area (Å²) in [5.74, 6) is -1.06. The summed E-state index contributed by atoms with van der Waals surface area (Å²) >= 11 is 0. The van der Waals surface area contributed by atoms with Gasteiger partial charge in [-0.2, -0.15) is 13.2 Å². The van der Waals surface area contributed by atoms with Crippen molar-refractivity contribution in [3.63, 3.8) is 0 Å². The summed E-state index contributed by atoms with van der Waals surface area (Å²) in [7, 11) is 0. The molecule has 0 radical (unpaired) electrons. The number of carboxylic acid groups (broad SMARTS) is 1. The summed E-state index contributed by atoms with van der Waals surface area (Å²) in [5.41, 5.74) is -0.427. The molecule has 1 aromatic carbocycles.